The maximum Gasteiger partial charge on any atom is 0.132 e. The molecule has 0 aliphatic carbocycles. The summed E-state index contributed by atoms with van der Waals surface area (Å²) in [5.41, 5.74) is 0.293. The number of hydrogen-bond acceptors (Lipinski definition) is 2. The molecule has 0 amide bonds. The van der Waals surface area contributed by atoms with Gasteiger partial charge in [-0.2, -0.15) is 0 Å². The Bertz CT molecular complexity index is 355. The van der Waals surface area contributed by atoms with Gasteiger partial charge in [0.1, 0.15) is 11.6 Å². The minimum atomic E-state index is -0.772. The highest BCUT2D eigenvalue weighted by Gasteiger charge is 2.20. The van der Waals surface area contributed by atoms with Gasteiger partial charge in [-0.15, -0.1) is 0 Å². The van der Waals surface area contributed by atoms with Crippen LogP contribution in [0.25, 0.3) is 0 Å². The zero-order chi connectivity index (χ0) is 12.3. The Hall–Kier alpha value is -1.09. The molecule has 0 spiro atoms. The predicted molar refractivity (Wildman–Crippen MR) is 62.0 cm³/mol. The summed E-state index contributed by atoms with van der Waals surface area (Å²) in [5.74, 6) is 0.0420. The Morgan fingerprint density at radius 3 is 2.44 bits per heavy atom. The minimum Gasteiger partial charge on any atom is -0.497 e. The van der Waals surface area contributed by atoms with E-state index in [1.165, 1.54) is 13.2 Å². The van der Waals surface area contributed by atoms with E-state index in [1.54, 1.807) is 12.1 Å². The second-order valence-corrected chi connectivity index (χ2v) is 5.17. The SMILES string of the molecule is COc1ccc(C(O)CC(C)(C)C)c(F)c1. The quantitative estimate of drug-likeness (QED) is 0.856. The van der Waals surface area contributed by atoms with Crippen LogP contribution in [0, 0.1) is 11.2 Å². The number of methoxy groups -OCH3 is 1. The maximum absolute atomic E-state index is 13.6. The van der Waals surface area contributed by atoms with Crippen LogP contribution in [-0.4, -0.2) is 12.2 Å². The van der Waals surface area contributed by atoms with Gasteiger partial charge in [0.05, 0.1) is 13.2 Å². The Labute approximate surface area is 96.1 Å². The molecule has 1 N–H and O–H groups in total. The zero-order valence-electron chi connectivity index (χ0n) is 10.2. The summed E-state index contributed by atoms with van der Waals surface area (Å²) < 4.78 is 18.5. The molecule has 0 saturated carbocycles. The summed E-state index contributed by atoms with van der Waals surface area (Å²) in [5, 5.41) is 9.92. The van der Waals surface area contributed by atoms with E-state index in [1.807, 2.05) is 20.8 Å². The number of halogens is 1. The molecule has 90 valence electrons. The van der Waals surface area contributed by atoms with Gasteiger partial charge in [-0.25, -0.2) is 4.39 Å². The van der Waals surface area contributed by atoms with Crippen LogP contribution >= 0.6 is 0 Å². The molecule has 0 heterocycles. The Kier molecular flexibility index (Phi) is 3.92. The summed E-state index contributed by atoms with van der Waals surface area (Å²) in [6, 6.07) is 4.52. The van der Waals surface area contributed by atoms with Gasteiger partial charge in [0.2, 0.25) is 0 Å². The monoisotopic (exact) mass is 226 g/mol. The van der Waals surface area contributed by atoms with Crippen molar-refractivity contribution in [3.63, 3.8) is 0 Å². The molecular formula is C13H19FO2. The van der Waals surface area contributed by atoms with Crippen LogP contribution in [0.4, 0.5) is 4.39 Å². The van der Waals surface area contributed by atoms with Crippen molar-refractivity contribution in [1.82, 2.24) is 0 Å². The number of hydrogen-bond donors (Lipinski definition) is 1. The molecule has 3 heteroatoms. The summed E-state index contributed by atoms with van der Waals surface area (Å²) >= 11 is 0. The molecule has 16 heavy (non-hydrogen) atoms. The van der Waals surface area contributed by atoms with E-state index in [2.05, 4.69) is 0 Å². The van der Waals surface area contributed by atoms with Crippen LogP contribution in [0.2, 0.25) is 0 Å². The highest BCUT2D eigenvalue weighted by Crippen LogP contribution is 2.31. The van der Waals surface area contributed by atoms with Crippen molar-refractivity contribution in [2.75, 3.05) is 7.11 Å². The van der Waals surface area contributed by atoms with Gasteiger partial charge in [0, 0.05) is 11.6 Å². The molecule has 2 nitrogen and oxygen atoms in total. The van der Waals surface area contributed by atoms with Crippen molar-refractivity contribution in [1.29, 1.82) is 0 Å². The van der Waals surface area contributed by atoms with Gasteiger partial charge in [-0.05, 0) is 24.0 Å². The van der Waals surface area contributed by atoms with Gasteiger partial charge < -0.3 is 9.84 Å². The van der Waals surface area contributed by atoms with Crippen LogP contribution < -0.4 is 4.74 Å². The van der Waals surface area contributed by atoms with Gasteiger partial charge in [0.15, 0.2) is 0 Å². The van der Waals surface area contributed by atoms with E-state index in [0.717, 1.165) is 0 Å². The molecule has 0 bridgehead atoms. The first-order valence-corrected chi connectivity index (χ1v) is 5.35. The lowest BCUT2D eigenvalue weighted by molar-refractivity contribution is 0.118. The van der Waals surface area contributed by atoms with Crippen molar-refractivity contribution >= 4 is 0 Å². The number of aliphatic hydroxyl groups is 1. The van der Waals surface area contributed by atoms with Crippen LogP contribution in [0.1, 0.15) is 38.9 Å². The molecule has 0 aliphatic rings. The van der Waals surface area contributed by atoms with E-state index in [9.17, 15) is 9.50 Å². The van der Waals surface area contributed by atoms with Crippen LogP contribution in [0.3, 0.4) is 0 Å². The van der Waals surface area contributed by atoms with Crippen LogP contribution in [-0.2, 0) is 0 Å². The first kappa shape index (κ1) is 13.0. The molecule has 0 aromatic heterocycles. The average molecular weight is 226 g/mol. The lowest BCUT2D eigenvalue weighted by atomic mass is 9.87. The highest BCUT2D eigenvalue weighted by molar-refractivity contribution is 5.30. The van der Waals surface area contributed by atoms with Crippen LogP contribution in [0.5, 0.6) is 5.75 Å². The third-order valence-corrected chi connectivity index (χ3v) is 2.37. The summed E-state index contributed by atoms with van der Waals surface area (Å²) in [4.78, 5) is 0. The van der Waals surface area contributed by atoms with Crippen LogP contribution in [0.15, 0.2) is 18.2 Å². The number of ether oxygens (including phenoxy) is 1. The van der Waals surface area contributed by atoms with E-state index in [-0.39, 0.29) is 5.41 Å². The van der Waals surface area contributed by atoms with Crippen molar-refractivity contribution in [2.45, 2.75) is 33.3 Å². The van der Waals surface area contributed by atoms with Gasteiger partial charge in [-0.1, -0.05) is 20.8 Å². The third-order valence-electron chi connectivity index (χ3n) is 2.37. The van der Waals surface area contributed by atoms with Crippen molar-refractivity contribution in [3.05, 3.63) is 29.6 Å². The van der Waals surface area contributed by atoms with Crippen molar-refractivity contribution in [3.8, 4) is 5.75 Å². The molecule has 0 fully saturated rings. The first-order valence-electron chi connectivity index (χ1n) is 5.35. The predicted octanol–water partition coefficient (Wildman–Crippen LogP) is 3.30. The summed E-state index contributed by atoms with van der Waals surface area (Å²) in [7, 11) is 1.49. The Balaban J connectivity index is 2.88. The molecule has 1 atom stereocenters. The van der Waals surface area contributed by atoms with Gasteiger partial charge in [-0.3, -0.25) is 0 Å². The smallest absolute Gasteiger partial charge is 0.132 e. The Morgan fingerprint density at radius 1 is 1.38 bits per heavy atom. The second-order valence-electron chi connectivity index (χ2n) is 5.17. The normalized spacial score (nSPS) is 13.6. The molecule has 0 aliphatic heterocycles. The van der Waals surface area contributed by atoms with Gasteiger partial charge >= 0.3 is 0 Å². The summed E-state index contributed by atoms with van der Waals surface area (Å²) in [6.07, 6.45) is -0.248. The zero-order valence-corrected chi connectivity index (χ0v) is 10.2. The molecule has 1 aromatic carbocycles. The fourth-order valence-corrected chi connectivity index (χ4v) is 1.60. The van der Waals surface area contributed by atoms with Gasteiger partial charge in [0.25, 0.3) is 0 Å². The average Bonchev–Trinajstić information content (AvgIpc) is 2.14. The molecule has 0 radical (unpaired) electrons. The number of aliphatic hydroxyl groups excluding tert-OH is 1. The summed E-state index contributed by atoms with van der Waals surface area (Å²) in [6.45, 7) is 6.03. The van der Waals surface area contributed by atoms with Crippen molar-refractivity contribution in [2.24, 2.45) is 5.41 Å². The molecule has 1 aromatic rings. The molecule has 1 unspecified atom stereocenters. The number of rotatable bonds is 3. The molecule has 0 saturated heterocycles. The topological polar surface area (TPSA) is 29.5 Å². The lowest BCUT2D eigenvalue weighted by Crippen LogP contribution is -2.12. The van der Waals surface area contributed by atoms with E-state index in [4.69, 9.17) is 4.74 Å². The fourth-order valence-electron chi connectivity index (χ4n) is 1.60. The third kappa shape index (κ3) is 3.49. The fraction of sp³-hybridized carbons (Fsp3) is 0.538. The van der Waals surface area contributed by atoms with E-state index < -0.39 is 11.9 Å². The van der Waals surface area contributed by atoms with Crippen molar-refractivity contribution < 1.29 is 14.2 Å². The molecule has 1 rings (SSSR count). The highest BCUT2D eigenvalue weighted by atomic mass is 19.1. The largest absolute Gasteiger partial charge is 0.497 e. The molecular weight excluding hydrogens is 207 g/mol. The maximum atomic E-state index is 13.6. The Morgan fingerprint density at radius 2 is 2.00 bits per heavy atom. The van der Waals surface area contributed by atoms with E-state index in [0.29, 0.717) is 17.7 Å². The number of benzene rings is 1. The second kappa shape index (κ2) is 4.83. The minimum absolute atomic E-state index is 0.0359. The van der Waals surface area contributed by atoms with E-state index >= 15 is 0 Å². The first-order chi connectivity index (χ1) is 7.33. The standard InChI is InChI=1S/C13H19FO2/c1-13(2,3)8-12(15)10-6-5-9(16-4)7-11(10)14/h5-7,12,15H,8H2,1-4H3. The lowest BCUT2D eigenvalue weighted by Gasteiger charge is -2.22.